The van der Waals surface area contributed by atoms with Crippen LogP contribution in [0.4, 0.5) is 0 Å². The van der Waals surface area contributed by atoms with Crippen molar-refractivity contribution in [3.63, 3.8) is 0 Å². The Morgan fingerprint density at radius 3 is 2.77 bits per heavy atom. The van der Waals surface area contributed by atoms with Gasteiger partial charge in [-0.25, -0.2) is 14.6 Å². The van der Waals surface area contributed by atoms with Crippen LogP contribution >= 0.6 is 0 Å². The van der Waals surface area contributed by atoms with Crippen molar-refractivity contribution >= 4 is 0 Å². The van der Waals surface area contributed by atoms with E-state index in [1.165, 1.54) is 21.5 Å². The van der Waals surface area contributed by atoms with Crippen molar-refractivity contribution in [1.29, 1.82) is 0 Å². The highest BCUT2D eigenvalue weighted by atomic mass is 16.5. The third-order valence-electron chi connectivity index (χ3n) is 4.61. The molecule has 0 spiro atoms. The number of ether oxygens (including phenoxy) is 1. The summed E-state index contributed by atoms with van der Waals surface area (Å²) in [5.41, 5.74) is -0.0803. The summed E-state index contributed by atoms with van der Waals surface area (Å²) in [7, 11) is 1.56. The molecule has 10 heteroatoms. The van der Waals surface area contributed by atoms with Gasteiger partial charge in [-0.1, -0.05) is 0 Å². The van der Waals surface area contributed by atoms with Crippen LogP contribution in [0.25, 0.3) is 0 Å². The lowest BCUT2D eigenvalue weighted by molar-refractivity contribution is -0.0459. The van der Waals surface area contributed by atoms with Gasteiger partial charge in [0.05, 0.1) is 12.7 Å². The Kier molecular flexibility index (Phi) is 4.90. The quantitative estimate of drug-likeness (QED) is 0.580. The Morgan fingerprint density at radius 1 is 1.38 bits per heavy atom. The van der Waals surface area contributed by atoms with Crippen LogP contribution in [0.2, 0.25) is 0 Å². The van der Waals surface area contributed by atoms with E-state index in [0.717, 1.165) is 5.56 Å². The monoisotopic (exact) mass is 364 g/mol. The summed E-state index contributed by atoms with van der Waals surface area (Å²) in [6, 6.07) is 0. The number of aliphatic hydroxyl groups excluding tert-OH is 2. The molecule has 3 atom stereocenters. The second-order valence-electron chi connectivity index (χ2n) is 6.34. The number of hydrogen-bond acceptors (Lipinski definition) is 7. The fourth-order valence-corrected chi connectivity index (χ4v) is 3.05. The van der Waals surface area contributed by atoms with Gasteiger partial charge in [0.15, 0.2) is 0 Å². The standard InChI is InChI=1S/C16H20N4O6/c1-8-5-17-15(24)19(2)10(8)3-9-6-20(16(25)18-14(9)23)13-4-11(22)12(7-21)26-13/h5-6,11-13,21-22H,3-4,7H2,1-2H3,(H,18,23,25)/t11-,12+,13+/m0/s1. The predicted molar refractivity (Wildman–Crippen MR) is 90.0 cm³/mol. The number of hydrogen-bond donors (Lipinski definition) is 3. The molecule has 140 valence electrons. The zero-order valence-corrected chi connectivity index (χ0v) is 14.4. The van der Waals surface area contributed by atoms with Crippen molar-refractivity contribution in [2.75, 3.05) is 6.61 Å². The van der Waals surface area contributed by atoms with Crippen LogP contribution in [-0.2, 0) is 18.2 Å². The second kappa shape index (κ2) is 6.98. The van der Waals surface area contributed by atoms with Gasteiger partial charge < -0.3 is 14.9 Å². The molecule has 10 nitrogen and oxygen atoms in total. The minimum atomic E-state index is -0.907. The Balaban J connectivity index is 2.00. The second-order valence-corrected chi connectivity index (χ2v) is 6.34. The molecule has 0 unspecified atom stereocenters. The molecule has 0 amide bonds. The molecule has 0 aliphatic carbocycles. The molecule has 3 rings (SSSR count). The molecule has 1 aliphatic heterocycles. The molecule has 1 saturated heterocycles. The van der Waals surface area contributed by atoms with Crippen molar-refractivity contribution in [3.8, 4) is 0 Å². The maximum Gasteiger partial charge on any atom is 0.347 e. The van der Waals surface area contributed by atoms with Crippen LogP contribution in [0.1, 0.15) is 29.5 Å². The zero-order chi connectivity index (χ0) is 19.0. The Hall–Kier alpha value is -2.56. The normalized spacial score (nSPS) is 22.7. The van der Waals surface area contributed by atoms with E-state index in [1.807, 2.05) is 0 Å². The van der Waals surface area contributed by atoms with Gasteiger partial charge >= 0.3 is 11.4 Å². The van der Waals surface area contributed by atoms with Crippen LogP contribution in [0.15, 0.2) is 26.8 Å². The number of aryl methyl sites for hydroxylation is 1. The average Bonchev–Trinajstić information content (AvgIpc) is 2.97. The molecule has 2 aromatic heterocycles. The summed E-state index contributed by atoms with van der Waals surface area (Å²) in [6.45, 7) is 1.40. The third-order valence-corrected chi connectivity index (χ3v) is 4.61. The maximum absolute atomic E-state index is 12.2. The minimum Gasteiger partial charge on any atom is -0.394 e. The van der Waals surface area contributed by atoms with Gasteiger partial charge in [-0.3, -0.25) is 18.9 Å². The lowest BCUT2D eigenvalue weighted by atomic mass is 10.1. The number of rotatable bonds is 4. The van der Waals surface area contributed by atoms with Crippen molar-refractivity contribution in [3.05, 3.63) is 60.5 Å². The molecule has 3 heterocycles. The van der Waals surface area contributed by atoms with Crippen molar-refractivity contribution < 1.29 is 14.9 Å². The first-order chi connectivity index (χ1) is 12.3. The Morgan fingerprint density at radius 2 is 2.12 bits per heavy atom. The molecule has 0 radical (unpaired) electrons. The summed E-state index contributed by atoms with van der Waals surface area (Å²) >= 11 is 0. The molecule has 2 aromatic rings. The summed E-state index contributed by atoms with van der Waals surface area (Å²) in [5.74, 6) is 0. The minimum absolute atomic E-state index is 0.114. The summed E-state index contributed by atoms with van der Waals surface area (Å²) < 4.78 is 8.01. The number of nitrogens with one attached hydrogen (secondary N) is 1. The fourth-order valence-electron chi connectivity index (χ4n) is 3.05. The zero-order valence-electron chi connectivity index (χ0n) is 14.4. The average molecular weight is 364 g/mol. The first kappa shape index (κ1) is 18.2. The predicted octanol–water partition coefficient (Wildman–Crippen LogP) is -1.83. The van der Waals surface area contributed by atoms with Gasteiger partial charge in [-0.15, -0.1) is 0 Å². The van der Waals surface area contributed by atoms with E-state index >= 15 is 0 Å². The molecule has 1 fully saturated rings. The molecular weight excluding hydrogens is 344 g/mol. The topological polar surface area (TPSA) is 139 Å². The van der Waals surface area contributed by atoms with E-state index < -0.39 is 35.4 Å². The van der Waals surface area contributed by atoms with Crippen molar-refractivity contribution in [1.82, 2.24) is 19.1 Å². The van der Waals surface area contributed by atoms with Gasteiger partial charge in [0.2, 0.25) is 0 Å². The fraction of sp³-hybridized carbons (Fsp3) is 0.500. The molecule has 26 heavy (non-hydrogen) atoms. The van der Waals surface area contributed by atoms with E-state index in [9.17, 15) is 24.6 Å². The molecule has 1 aliphatic rings. The highest BCUT2D eigenvalue weighted by molar-refractivity contribution is 5.23. The number of aromatic amines is 1. The van der Waals surface area contributed by atoms with Gasteiger partial charge in [0.25, 0.3) is 5.56 Å². The summed E-state index contributed by atoms with van der Waals surface area (Å²) in [5, 5.41) is 19.0. The SMILES string of the molecule is Cc1cnc(=O)n(C)c1Cc1cn([C@H]2C[C@H](O)[C@@H](CO)O2)c(=O)[nH]c1=O. The van der Waals surface area contributed by atoms with Crippen LogP contribution in [-0.4, -0.2) is 48.1 Å². The van der Waals surface area contributed by atoms with E-state index in [-0.39, 0.29) is 25.0 Å². The van der Waals surface area contributed by atoms with E-state index in [4.69, 9.17) is 4.74 Å². The van der Waals surface area contributed by atoms with Crippen LogP contribution < -0.4 is 16.9 Å². The van der Waals surface area contributed by atoms with Crippen LogP contribution in [0.3, 0.4) is 0 Å². The number of H-pyrrole nitrogens is 1. The molecule has 0 aromatic carbocycles. The van der Waals surface area contributed by atoms with Crippen LogP contribution in [0, 0.1) is 6.92 Å². The van der Waals surface area contributed by atoms with Gasteiger partial charge in [0, 0.05) is 43.5 Å². The lowest BCUT2D eigenvalue weighted by Gasteiger charge is -2.16. The number of aromatic nitrogens is 4. The van der Waals surface area contributed by atoms with E-state index in [2.05, 4.69) is 9.97 Å². The van der Waals surface area contributed by atoms with Crippen LogP contribution in [0.5, 0.6) is 0 Å². The molecular formula is C16H20N4O6. The summed E-state index contributed by atoms with van der Waals surface area (Å²) in [4.78, 5) is 42.0. The highest BCUT2D eigenvalue weighted by Gasteiger charge is 2.35. The summed E-state index contributed by atoms with van der Waals surface area (Å²) in [6.07, 6.45) is 0.540. The number of aliphatic hydroxyl groups is 2. The lowest BCUT2D eigenvalue weighted by Crippen LogP contribution is -2.35. The van der Waals surface area contributed by atoms with E-state index in [1.54, 1.807) is 14.0 Å². The number of nitrogens with zero attached hydrogens (tertiary/aromatic N) is 3. The molecule has 3 N–H and O–H groups in total. The van der Waals surface area contributed by atoms with Crippen molar-refractivity contribution in [2.45, 2.75) is 38.2 Å². The Labute approximate surface area is 147 Å². The van der Waals surface area contributed by atoms with Gasteiger partial charge in [-0.2, -0.15) is 0 Å². The maximum atomic E-state index is 12.2. The highest BCUT2D eigenvalue weighted by Crippen LogP contribution is 2.27. The Bertz CT molecular complexity index is 991. The smallest absolute Gasteiger partial charge is 0.347 e. The van der Waals surface area contributed by atoms with Gasteiger partial charge in [0.1, 0.15) is 12.3 Å². The van der Waals surface area contributed by atoms with Crippen molar-refractivity contribution in [2.24, 2.45) is 7.05 Å². The first-order valence-corrected chi connectivity index (χ1v) is 8.12. The largest absolute Gasteiger partial charge is 0.394 e. The molecule has 0 saturated carbocycles. The molecule has 0 bridgehead atoms. The third kappa shape index (κ3) is 3.26. The van der Waals surface area contributed by atoms with Gasteiger partial charge in [-0.05, 0) is 12.5 Å². The first-order valence-electron chi connectivity index (χ1n) is 8.12. The van der Waals surface area contributed by atoms with E-state index in [0.29, 0.717) is 5.69 Å².